The molecule has 2 aliphatic rings. The van der Waals surface area contributed by atoms with E-state index in [9.17, 15) is 18.0 Å². The van der Waals surface area contributed by atoms with Crippen LogP contribution in [0.25, 0.3) is 0 Å². The van der Waals surface area contributed by atoms with Crippen molar-refractivity contribution >= 4 is 28.0 Å². The number of sulfonamides is 1. The van der Waals surface area contributed by atoms with Crippen LogP contribution in [0.15, 0.2) is 35.5 Å². The lowest BCUT2D eigenvalue weighted by Crippen LogP contribution is -2.54. The first-order valence-electron chi connectivity index (χ1n) is 11.6. The van der Waals surface area contributed by atoms with Crippen molar-refractivity contribution in [2.75, 3.05) is 18.4 Å². The fourth-order valence-corrected chi connectivity index (χ4v) is 5.67. The highest BCUT2D eigenvalue weighted by molar-refractivity contribution is 7.89. The number of ether oxygens (including phenoxy) is 1. The third-order valence-corrected chi connectivity index (χ3v) is 7.61. The van der Waals surface area contributed by atoms with E-state index >= 15 is 0 Å². The number of nitrogens with one attached hydrogen (secondary N) is 4. The number of anilines is 1. The number of likely N-dealkylation sites (tertiary alicyclic amines) is 1. The lowest BCUT2D eigenvalue weighted by atomic mass is 10.1. The molecule has 2 aromatic rings. The molecule has 1 aromatic carbocycles. The van der Waals surface area contributed by atoms with E-state index in [1.807, 2.05) is 0 Å². The van der Waals surface area contributed by atoms with Gasteiger partial charge in [-0.15, -0.1) is 0 Å². The Balaban J connectivity index is 1.50. The molecule has 0 saturated carbocycles. The first kappa shape index (κ1) is 24.9. The Labute approximate surface area is 203 Å². The molecule has 35 heavy (non-hydrogen) atoms. The largest absolute Gasteiger partial charge is 0.507 e. The Hall–Kier alpha value is -3.16. The van der Waals surface area contributed by atoms with Crippen molar-refractivity contribution < 1.29 is 27.9 Å². The summed E-state index contributed by atoms with van der Waals surface area (Å²) in [4.78, 5) is 33.0. The molecule has 190 valence electrons. The smallest absolute Gasteiger partial charge is 0.450 e. The number of hydrogen-bond donors (Lipinski definition) is 5. The monoisotopic (exact) mass is 506 g/mol. The number of benzene rings is 1. The van der Waals surface area contributed by atoms with Gasteiger partial charge < -0.3 is 30.4 Å². The lowest BCUT2D eigenvalue weighted by Gasteiger charge is -2.36. The van der Waals surface area contributed by atoms with Gasteiger partial charge in [-0.2, -0.15) is 4.72 Å². The Morgan fingerprint density at radius 1 is 1.26 bits per heavy atom. The highest BCUT2D eigenvalue weighted by Crippen LogP contribution is 2.23. The number of fused-ring (bicyclic) bond motifs is 1. The summed E-state index contributed by atoms with van der Waals surface area (Å²) in [5.41, 5.74) is 1.95. The molecule has 1 amide bonds. The third-order valence-electron chi connectivity index (χ3n) is 6.14. The molecule has 1 saturated heterocycles. The van der Waals surface area contributed by atoms with Crippen LogP contribution >= 0.6 is 0 Å². The average molecular weight is 507 g/mol. The molecule has 0 bridgehead atoms. The molecule has 0 aliphatic carbocycles. The van der Waals surface area contributed by atoms with Gasteiger partial charge in [0.05, 0.1) is 4.90 Å². The summed E-state index contributed by atoms with van der Waals surface area (Å²) in [6.07, 6.45) is 3.31. The second kappa shape index (κ2) is 11.1. The van der Waals surface area contributed by atoms with Crippen molar-refractivity contribution in [1.82, 2.24) is 24.9 Å². The summed E-state index contributed by atoms with van der Waals surface area (Å²) >= 11 is 0. The molecule has 2 atom stereocenters. The summed E-state index contributed by atoms with van der Waals surface area (Å²) in [6, 6.07) is 3.85. The second-order valence-corrected chi connectivity index (χ2v) is 10.3. The van der Waals surface area contributed by atoms with Crippen molar-refractivity contribution in [3.8, 4) is 0 Å². The van der Waals surface area contributed by atoms with Gasteiger partial charge in [0.25, 0.3) is 0 Å². The van der Waals surface area contributed by atoms with Gasteiger partial charge in [0.1, 0.15) is 6.04 Å². The van der Waals surface area contributed by atoms with Gasteiger partial charge in [-0.1, -0.05) is 6.07 Å². The van der Waals surface area contributed by atoms with Gasteiger partial charge in [0.2, 0.25) is 15.9 Å². The van der Waals surface area contributed by atoms with Crippen molar-refractivity contribution in [3.05, 3.63) is 41.7 Å². The maximum absolute atomic E-state index is 13.5. The fraction of sp³-hybridized carbons (Fsp3) is 0.500. The molecule has 2 aliphatic heterocycles. The number of piperidine rings is 1. The van der Waals surface area contributed by atoms with Crippen molar-refractivity contribution in [3.63, 3.8) is 0 Å². The van der Waals surface area contributed by atoms with Crippen molar-refractivity contribution in [2.24, 2.45) is 0 Å². The molecular formula is C22H30N6O6S. The van der Waals surface area contributed by atoms with Gasteiger partial charge >= 0.3 is 6.16 Å². The Morgan fingerprint density at radius 3 is 2.86 bits per heavy atom. The van der Waals surface area contributed by atoms with E-state index in [0.717, 1.165) is 11.1 Å². The number of aromatic nitrogens is 2. The van der Waals surface area contributed by atoms with Crippen LogP contribution in [0, 0.1) is 0 Å². The van der Waals surface area contributed by atoms with Crippen LogP contribution in [-0.2, 0) is 32.6 Å². The minimum atomic E-state index is -4.01. The maximum atomic E-state index is 13.5. The molecule has 0 spiro atoms. The zero-order valence-electron chi connectivity index (χ0n) is 19.2. The fourth-order valence-electron chi connectivity index (χ4n) is 4.39. The Bertz CT molecular complexity index is 1140. The predicted octanol–water partition coefficient (Wildman–Crippen LogP) is 1.59. The molecule has 12 nitrogen and oxygen atoms in total. The van der Waals surface area contributed by atoms with Crippen LogP contribution in [-0.4, -0.2) is 65.8 Å². The zero-order chi connectivity index (χ0) is 24.8. The van der Waals surface area contributed by atoms with Crippen LogP contribution in [0.1, 0.15) is 43.2 Å². The quantitative estimate of drug-likeness (QED) is 0.237. The van der Waals surface area contributed by atoms with Crippen LogP contribution in [0.5, 0.6) is 0 Å². The SMILES string of the molecule is O=C(O)O[C@@H]1CCCCN1C(=O)[C@H](CCCNc1ncc[nH]1)NS(=O)(=O)c1ccc2c(c1)CNC2. The number of carboxylic acid groups (broad SMARTS) is 1. The van der Waals surface area contributed by atoms with Crippen molar-refractivity contribution in [1.29, 1.82) is 0 Å². The average Bonchev–Trinajstić information content (AvgIpc) is 3.52. The number of carbonyl (C=O) groups is 2. The number of carbonyl (C=O) groups excluding carboxylic acids is 1. The number of nitrogens with zero attached hydrogens (tertiary/aromatic N) is 2. The van der Waals surface area contributed by atoms with Crippen LogP contribution in [0.2, 0.25) is 0 Å². The summed E-state index contributed by atoms with van der Waals surface area (Å²) < 4.78 is 34.0. The number of hydrogen-bond acceptors (Lipinski definition) is 8. The molecule has 5 N–H and O–H groups in total. The second-order valence-electron chi connectivity index (χ2n) is 8.58. The molecular weight excluding hydrogens is 476 g/mol. The Morgan fingerprint density at radius 2 is 2.09 bits per heavy atom. The first-order valence-corrected chi connectivity index (χ1v) is 13.1. The molecule has 0 unspecified atom stereocenters. The molecule has 1 aromatic heterocycles. The first-order chi connectivity index (χ1) is 16.8. The number of aromatic amines is 1. The van der Waals surface area contributed by atoms with Gasteiger partial charge in [-0.25, -0.2) is 18.2 Å². The van der Waals surface area contributed by atoms with E-state index in [4.69, 9.17) is 9.84 Å². The highest BCUT2D eigenvalue weighted by atomic mass is 32.2. The standard InChI is InChI=1S/C22H30N6O6S/c29-20(28-11-2-1-5-19(28)34-22(30)31)18(4-3-8-24-21-25-9-10-26-21)27-35(32,33)17-7-6-15-13-23-14-16(15)12-17/h6-7,9-10,12,18-19,23,27H,1-5,8,11,13-14H2,(H,30,31)(H2,24,25,26)/t18-,19+/m0/s1. The third kappa shape index (κ3) is 6.29. The van der Waals surface area contributed by atoms with Crippen LogP contribution in [0.4, 0.5) is 10.7 Å². The highest BCUT2D eigenvalue weighted by Gasteiger charge is 2.35. The van der Waals surface area contributed by atoms with E-state index in [2.05, 4.69) is 25.3 Å². The number of imidazole rings is 1. The predicted molar refractivity (Wildman–Crippen MR) is 126 cm³/mol. The van der Waals surface area contributed by atoms with Gasteiger partial charge in [0.15, 0.2) is 12.2 Å². The molecule has 4 rings (SSSR count). The van der Waals surface area contributed by atoms with Crippen LogP contribution < -0.4 is 15.4 Å². The molecule has 3 heterocycles. The number of rotatable bonds is 10. The van der Waals surface area contributed by atoms with Gasteiger partial charge in [-0.05, 0) is 48.9 Å². The van der Waals surface area contributed by atoms with E-state index in [0.29, 0.717) is 57.8 Å². The van der Waals surface area contributed by atoms with E-state index < -0.39 is 34.4 Å². The molecule has 1 fully saturated rings. The van der Waals surface area contributed by atoms with Crippen LogP contribution in [0.3, 0.4) is 0 Å². The summed E-state index contributed by atoms with van der Waals surface area (Å²) in [5, 5.41) is 15.3. The lowest BCUT2D eigenvalue weighted by molar-refractivity contribution is -0.147. The molecule has 0 radical (unpaired) electrons. The zero-order valence-corrected chi connectivity index (χ0v) is 20.0. The van der Waals surface area contributed by atoms with E-state index in [1.54, 1.807) is 24.5 Å². The normalized spacial score (nSPS) is 18.6. The number of amides is 1. The minimum Gasteiger partial charge on any atom is -0.450 e. The molecule has 13 heteroatoms. The van der Waals surface area contributed by atoms with Crippen molar-refractivity contribution in [2.45, 2.75) is 62.4 Å². The summed E-state index contributed by atoms with van der Waals surface area (Å²) in [6.45, 7) is 2.02. The minimum absolute atomic E-state index is 0.0865. The van der Waals surface area contributed by atoms with Gasteiger partial charge in [-0.3, -0.25) is 4.79 Å². The van der Waals surface area contributed by atoms with Gasteiger partial charge in [0, 0.05) is 45.0 Å². The summed E-state index contributed by atoms with van der Waals surface area (Å²) in [7, 11) is -4.01. The van der Waals surface area contributed by atoms with E-state index in [-0.39, 0.29) is 11.3 Å². The number of H-pyrrole nitrogens is 1. The van der Waals surface area contributed by atoms with E-state index in [1.165, 1.54) is 11.0 Å². The Kier molecular flexibility index (Phi) is 7.88. The maximum Gasteiger partial charge on any atom is 0.507 e. The summed E-state index contributed by atoms with van der Waals surface area (Å²) in [5.74, 6) is 0.0755. The topological polar surface area (TPSA) is 166 Å².